The van der Waals surface area contributed by atoms with E-state index < -0.39 is 23.6 Å². The molecule has 33 heavy (non-hydrogen) atoms. The number of carbonyl (C=O) groups excluding carboxylic acids is 2. The number of dihydropyridines is 1. The standard InChI is InChI=1S/C25H23F3N2O3/c1-14-21(24(32)30-17-6-3-5-16(13-17)25(26,27)28)22(15-9-11-18(33-2)12-10-15)23-19(29-14)7-4-8-20(23)31/h3,5-6,9-13,22,29H,4,7-8H2,1-2H3,(H,30,32)/t22-/m0/s1. The summed E-state index contributed by atoms with van der Waals surface area (Å²) in [6.45, 7) is 1.74. The number of rotatable bonds is 4. The van der Waals surface area contributed by atoms with Crippen LogP contribution in [0.1, 0.15) is 43.2 Å². The lowest BCUT2D eigenvalue weighted by molar-refractivity contribution is -0.137. The minimum absolute atomic E-state index is 0.0263. The van der Waals surface area contributed by atoms with Crippen LogP contribution in [0.3, 0.4) is 0 Å². The number of halogens is 3. The molecule has 1 aliphatic carbocycles. The molecule has 1 heterocycles. The number of anilines is 1. The Morgan fingerprint density at radius 1 is 1.12 bits per heavy atom. The molecule has 0 aromatic heterocycles. The van der Waals surface area contributed by atoms with E-state index in [2.05, 4.69) is 10.6 Å². The lowest BCUT2D eigenvalue weighted by Gasteiger charge is -2.34. The molecular weight excluding hydrogens is 433 g/mol. The molecule has 0 radical (unpaired) electrons. The van der Waals surface area contributed by atoms with E-state index >= 15 is 0 Å². The zero-order valence-electron chi connectivity index (χ0n) is 18.2. The Bertz CT molecular complexity index is 1160. The first kappa shape index (κ1) is 22.6. The van der Waals surface area contributed by atoms with Crippen LogP contribution in [0.2, 0.25) is 0 Å². The van der Waals surface area contributed by atoms with Gasteiger partial charge in [-0.1, -0.05) is 18.2 Å². The fourth-order valence-electron chi connectivity index (χ4n) is 4.39. The van der Waals surface area contributed by atoms with Gasteiger partial charge in [-0.15, -0.1) is 0 Å². The molecule has 2 aliphatic rings. The van der Waals surface area contributed by atoms with Gasteiger partial charge >= 0.3 is 6.18 Å². The molecule has 2 aromatic rings. The summed E-state index contributed by atoms with van der Waals surface area (Å²) < 4.78 is 44.6. The van der Waals surface area contributed by atoms with E-state index in [1.165, 1.54) is 12.1 Å². The molecular formula is C25H23F3N2O3. The Hall–Kier alpha value is -3.55. The van der Waals surface area contributed by atoms with E-state index in [4.69, 9.17) is 4.74 Å². The van der Waals surface area contributed by atoms with Gasteiger partial charge in [-0.05, 0) is 55.7 Å². The third kappa shape index (κ3) is 4.51. The smallest absolute Gasteiger partial charge is 0.416 e. The van der Waals surface area contributed by atoms with Crippen molar-refractivity contribution in [1.82, 2.24) is 5.32 Å². The highest BCUT2D eigenvalue weighted by molar-refractivity contribution is 6.09. The van der Waals surface area contributed by atoms with Crippen molar-refractivity contribution >= 4 is 17.4 Å². The number of carbonyl (C=O) groups is 2. The van der Waals surface area contributed by atoms with Crippen LogP contribution in [0.5, 0.6) is 5.75 Å². The topological polar surface area (TPSA) is 67.4 Å². The highest BCUT2D eigenvalue weighted by Crippen LogP contribution is 2.43. The number of hydrogen-bond acceptors (Lipinski definition) is 4. The molecule has 0 bridgehead atoms. The molecule has 1 amide bonds. The van der Waals surface area contributed by atoms with Gasteiger partial charge in [0.25, 0.3) is 5.91 Å². The highest BCUT2D eigenvalue weighted by Gasteiger charge is 2.38. The second-order valence-electron chi connectivity index (χ2n) is 8.07. The van der Waals surface area contributed by atoms with Gasteiger partial charge in [0.2, 0.25) is 0 Å². The van der Waals surface area contributed by atoms with Crippen molar-refractivity contribution in [3.63, 3.8) is 0 Å². The van der Waals surface area contributed by atoms with Gasteiger partial charge in [-0.2, -0.15) is 13.2 Å². The molecule has 0 unspecified atom stereocenters. The molecule has 2 aromatic carbocycles. The molecule has 0 fully saturated rings. The maximum atomic E-state index is 13.4. The van der Waals surface area contributed by atoms with Gasteiger partial charge in [0, 0.05) is 40.6 Å². The van der Waals surface area contributed by atoms with Crippen LogP contribution in [0.4, 0.5) is 18.9 Å². The molecule has 5 nitrogen and oxygen atoms in total. The summed E-state index contributed by atoms with van der Waals surface area (Å²) >= 11 is 0. The van der Waals surface area contributed by atoms with Crippen LogP contribution in [0.25, 0.3) is 0 Å². The predicted molar refractivity (Wildman–Crippen MR) is 118 cm³/mol. The lowest BCUT2D eigenvalue weighted by atomic mass is 9.75. The Balaban J connectivity index is 1.74. The number of alkyl halides is 3. The fourth-order valence-corrected chi connectivity index (χ4v) is 4.39. The number of methoxy groups -OCH3 is 1. The van der Waals surface area contributed by atoms with Crippen molar-refractivity contribution < 1.29 is 27.5 Å². The summed E-state index contributed by atoms with van der Waals surface area (Å²) in [6, 6.07) is 11.6. The highest BCUT2D eigenvalue weighted by atomic mass is 19.4. The molecule has 8 heteroatoms. The Kier molecular flexibility index (Phi) is 6.01. The second kappa shape index (κ2) is 8.77. The Morgan fingerprint density at radius 2 is 1.85 bits per heavy atom. The zero-order chi connectivity index (χ0) is 23.8. The second-order valence-corrected chi connectivity index (χ2v) is 8.07. The molecule has 1 aliphatic heterocycles. The van der Waals surface area contributed by atoms with E-state index in [1.807, 2.05) is 0 Å². The number of hydrogen-bond donors (Lipinski definition) is 2. The number of amides is 1. The van der Waals surface area contributed by atoms with Crippen molar-refractivity contribution in [2.45, 2.75) is 38.3 Å². The Labute approximate surface area is 189 Å². The third-order valence-electron chi connectivity index (χ3n) is 5.92. The van der Waals surface area contributed by atoms with Crippen molar-refractivity contribution in [2.75, 3.05) is 12.4 Å². The number of allylic oxidation sites excluding steroid dienone is 3. The third-order valence-corrected chi connectivity index (χ3v) is 5.92. The van der Waals surface area contributed by atoms with Crippen molar-refractivity contribution in [2.24, 2.45) is 0 Å². The number of benzene rings is 2. The fraction of sp³-hybridized carbons (Fsp3) is 0.280. The molecule has 2 N–H and O–H groups in total. The van der Waals surface area contributed by atoms with Crippen LogP contribution in [0, 0.1) is 0 Å². The van der Waals surface area contributed by atoms with Gasteiger partial charge in [0.15, 0.2) is 5.78 Å². The van der Waals surface area contributed by atoms with E-state index in [0.717, 1.165) is 29.8 Å². The summed E-state index contributed by atoms with van der Waals surface area (Å²) in [4.78, 5) is 26.3. The molecule has 0 saturated heterocycles. The summed E-state index contributed by atoms with van der Waals surface area (Å²) in [6.07, 6.45) is -2.73. The monoisotopic (exact) mass is 456 g/mol. The van der Waals surface area contributed by atoms with E-state index in [1.54, 1.807) is 38.3 Å². The van der Waals surface area contributed by atoms with Gasteiger partial charge in [0.1, 0.15) is 5.75 Å². The maximum Gasteiger partial charge on any atom is 0.416 e. The van der Waals surface area contributed by atoms with Crippen LogP contribution < -0.4 is 15.4 Å². The first-order valence-corrected chi connectivity index (χ1v) is 10.6. The minimum Gasteiger partial charge on any atom is -0.497 e. The predicted octanol–water partition coefficient (Wildman–Crippen LogP) is 5.32. The normalized spacial score (nSPS) is 18.6. The quantitative estimate of drug-likeness (QED) is 0.654. The van der Waals surface area contributed by atoms with Crippen LogP contribution in [-0.4, -0.2) is 18.8 Å². The molecule has 4 rings (SSSR count). The number of Topliss-reactive ketones (excluding diaryl/α,β-unsaturated/α-hetero) is 1. The summed E-state index contributed by atoms with van der Waals surface area (Å²) in [5.74, 6) is -0.607. The largest absolute Gasteiger partial charge is 0.497 e. The zero-order valence-corrected chi connectivity index (χ0v) is 18.2. The summed E-state index contributed by atoms with van der Waals surface area (Å²) in [7, 11) is 1.54. The molecule has 1 atom stereocenters. The maximum absolute atomic E-state index is 13.4. The van der Waals surface area contributed by atoms with Crippen molar-refractivity contribution in [3.05, 3.63) is 82.2 Å². The lowest BCUT2D eigenvalue weighted by Crippen LogP contribution is -2.35. The SMILES string of the molecule is COc1ccc([C@H]2C(C(=O)Nc3cccc(C(F)(F)F)c3)=C(C)NC3=C2C(=O)CCC3)cc1. The van der Waals surface area contributed by atoms with E-state index in [0.29, 0.717) is 35.4 Å². The minimum atomic E-state index is -4.53. The van der Waals surface area contributed by atoms with Crippen molar-refractivity contribution in [1.29, 1.82) is 0 Å². The van der Waals surface area contributed by atoms with Crippen LogP contribution >= 0.6 is 0 Å². The van der Waals surface area contributed by atoms with Gasteiger partial charge in [0.05, 0.1) is 12.7 Å². The summed E-state index contributed by atoms with van der Waals surface area (Å²) in [5.41, 5.74) is 2.09. The first-order chi connectivity index (χ1) is 15.7. The average molecular weight is 456 g/mol. The summed E-state index contributed by atoms with van der Waals surface area (Å²) in [5, 5.41) is 5.79. The van der Waals surface area contributed by atoms with Crippen molar-refractivity contribution in [3.8, 4) is 5.75 Å². The Morgan fingerprint density at radius 3 is 2.52 bits per heavy atom. The van der Waals surface area contributed by atoms with E-state index in [9.17, 15) is 22.8 Å². The molecule has 0 spiro atoms. The molecule has 172 valence electrons. The van der Waals surface area contributed by atoms with Gasteiger partial charge in [-0.3, -0.25) is 9.59 Å². The van der Waals surface area contributed by atoms with Gasteiger partial charge in [-0.25, -0.2) is 0 Å². The van der Waals surface area contributed by atoms with E-state index in [-0.39, 0.29) is 11.5 Å². The molecule has 0 saturated carbocycles. The van der Waals surface area contributed by atoms with Gasteiger partial charge < -0.3 is 15.4 Å². The number of ether oxygens (including phenoxy) is 1. The number of ketones is 1. The van der Waals surface area contributed by atoms with Crippen LogP contribution in [0.15, 0.2) is 71.1 Å². The number of nitrogens with one attached hydrogen (secondary N) is 2. The average Bonchev–Trinajstić information content (AvgIpc) is 2.78. The first-order valence-electron chi connectivity index (χ1n) is 10.6. The van der Waals surface area contributed by atoms with Crippen LogP contribution in [-0.2, 0) is 15.8 Å².